The van der Waals surface area contributed by atoms with Crippen molar-refractivity contribution in [2.45, 2.75) is 0 Å². The predicted molar refractivity (Wildman–Crippen MR) is 65.0 cm³/mol. The zero-order valence-electron chi connectivity index (χ0n) is 9.04. The summed E-state index contributed by atoms with van der Waals surface area (Å²) in [4.78, 5) is 16.0. The summed E-state index contributed by atoms with van der Waals surface area (Å²) >= 11 is 0. The Morgan fingerprint density at radius 1 is 0.882 bits per heavy atom. The molecule has 0 amide bonds. The lowest BCUT2D eigenvalue weighted by Gasteiger charge is -2.01. The maximum atomic E-state index is 4.48. The number of hydrogen-bond donors (Lipinski definition) is 1. The lowest BCUT2D eigenvalue weighted by molar-refractivity contribution is 1.15. The van der Waals surface area contributed by atoms with E-state index < -0.39 is 0 Å². The van der Waals surface area contributed by atoms with Crippen molar-refractivity contribution in [1.82, 2.24) is 19.9 Å². The predicted octanol–water partition coefficient (Wildman–Crippen LogP) is 2.53. The van der Waals surface area contributed by atoms with Crippen molar-refractivity contribution in [1.29, 1.82) is 0 Å². The molecule has 3 rings (SSSR count). The molecule has 3 aromatic rings. The van der Waals surface area contributed by atoms with Crippen molar-refractivity contribution >= 4 is 0 Å². The van der Waals surface area contributed by atoms with E-state index in [1.165, 1.54) is 0 Å². The van der Waals surface area contributed by atoms with Gasteiger partial charge < -0.3 is 4.98 Å². The minimum absolute atomic E-state index is 0.708. The third kappa shape index (κ3) is 1.92. The molecule has 0 bridgehead atoms. The molecule has 0 saturated carbocycles. The van der Waals surface area contributed by atoms with Gasteiger partial charge in [0.15, 0.2) is 11.6 Å². The number of H-pyrrole nitrogens is 1. The van der Waals surface area contributed by atoms with Gasteiger partial charge >= 0.3 is 0 Å². The summed E-state index contributed by atoms with van der Waals surface area (Å²) in [6.45, 7) is 0. The molecule has 4 nitrogen and oxygen atoms in total. The zero-order chi connectivity index (χ0) is 11.5. The number of imidazole rings is 1. The van der Waals surface area contributed by atoms with Crippen LogP contribution in [0.15, 0.2) is 55.0 Å². The molecule has 0 fully saturated rings. The van der Waals surface area contributed by atoms with E-state index >= 15 is 0 Å². The fraction of sp³-hybridized carbons (Fsp3) is 0. The van der Waals surface area contributed by atoms with Crippen molar-refractivity contribution in [3.63, 3.8) is 0 Å². The van der Waals surface area contributed by atoms with Gasteiger partial charge in [-0.15, -0.1) is 0 Å². The third-order valence-corrected chi connectivity index (χ3v) is 2.43. The van der Waals surface area contributed by atoms with E-state index in [9.17, 15) is 0 Å². The second-order valence-electron chi connectivity index (χ2n) is 3.57. The van der Waals surface area contributed by atoms with E-state index in [1.54, 1.807) is 18.6 Å². The molecule has 0 radical (unpaired) electrons. The van der Waals surface area contributed by atoms with Crippen LogP contribution < -0.4 is 0 Å². The first kappa shape index (κ1) is 9.72. The summed E-state index contributed by atoms with van der Waals surface area (Å²) in [5.74, 6) is 1.46. The summed E-state index contributed by atoms with van der Waals surface area (Å²) in [7, 11) is 0. The molecule has 0 spiro atoms. The highest BCUT2D eigenvalue weighted by atomic mass is 15.0. The Morgan fingerprint density at radius 2 is 1.76 bits per heavy atom. The van der Waals surface area contributed by atoms with Crippen LogP contribution in [0, 0.1) is 0 Å². The number of nitrogens with one attached hydrogen (secondary N) is 1. The van der Waals surface area contributed by atoms with Crippen LogP contribution in [0.25, 0.3) is 22.9 Å². The summed E-state index contributed by atoms with van der Waals surface area (Å²) in [5.41, 5.74) is 1.80. The SMILES string of the molecule is c1ccc(-c2nccc(-c3ncc[nH]3)n2)cc1. The Balaban J connectivity index is 2.06. The Kier molecular flexibility index (Phi) is 2.38. The van der Waals surface area contributed by atoms with E-state index in [2.05, 4.69) is 19.9 Å². The van der Waals surface area contributed by atoms with E-state index in [0.717, 1.165) is 17.1 Å². The van der Waals surface area contributed by atoms with Gasteiger partial charge in [0.2, 0.25) is 0 Å². The average Bonchev–Trinajstić information content (AvgIpc) is 2.94. The van der Waals surface area contributed by atoms with Gasteiger partial charge in [-0.25, -0.2) is 15.0 Å². The van der Waals surface area contributed by atoms with E-state index in [4.69, 9.17) is 0 Å². The fourth-order valence-corrected chi connectivity index (χ4v) is 1.62. The summed E-state index contributed by atoms with van der Waals surface area (Å²) < 4.78 is 0. The topological polar surface area (TPSA) is 54.5 Å². The van der Waals surface area contributed by atoms with E-state index in [0.29, 0.717) is 5.82 Å². The average molecular weight is 222 g/mol. The first-order valence-corrected chi connectivity index (χ1v) is 5.32. The van der Waals surface area contributed by atoms with Crippen LogP contribution >= 0.6 is 0 Å². The van der Waals surface area contributed by atoms with Crippen molar-refractivity contribution in [2.75, 3.05) is 0 Å². The van der Waals surface area contributed by atoms with Crippen LogP contribution in [-0.4, -0.2) is 19.9 Å². The molecule has 1 aromatic carbocycles. The molecular weight excluding hydrogens is 212 g/mol. The largest absolute Gasteiger partial charge is 0.343 e. The second-order valence-corrected chi connectivity index (χ2v) is 3.57. The number of aromatic nitrogens is 4. The van der Waals surface area contributed by atoms with Gasteiger partial charge in [-0.2, -0.15) is 0 Å². The second kappa shape index (κ2) is 4.17. The molecule has 82 valence electrons. The van der Waals surface area contributed by atoms with E-state index in [1.807, 2.05) is 36.4 Å². The zero-order valence-corrected chi connectivity index (χ0v) is 9.04. The molecule has 0 atom stereocenters. The van der Waals surface area contributed by atoms with Crippen LogP contribution in [0.5, 0.6) is 0 Å². The van der Waals surface area contributed by atoms with Crippen molar-refractivity contribution < 1.29 is 0 Å². The van der Waals surface area contributed by atoms with Crippen LogP contribution in [0.2, 0.25) is 0 Å². The normalized spacial score (nSPS) is 10.4. The third-order valence-electron chi connectivity index (χ3n) is 2.43. The Morgan fingerprint density at radius 3 is 2.53 bits per heavy atom. The lowest BCUT2D eigenvalue weighted by Crippen LogP contribution is -1.92. The minimum Gasteiger partial charge on any atom is -0.343 e. The molecular formula is C13H10N4. The lowest BCUT2D eigenvalue weighted by atomic mass is 10.2. The van der Waals surface area contributed by atoms with Crippen molar-refractivity contribution in [3.05, 3.63) is 55.0 Å². The molecule has 0 unspecified atom stereocenters. The molecule has 0 aliphatic heterocycles. The summed E-state index contributed by atoms with van der Waals surface area (Å²) in [5, 5.41) is 0. The number of hydrogen-bond acceptors (Lipinski definition) is 3. The maximum Gasteiger partial charge on any atom is 0.159 e. The van der Waals surface area contributed by atoms with Gasteiger partial charge in [0.05, 0.1) is 0 Å². The number of benzene rings is 1. The van der Waals surface area contributed by atoms with Crippen LogP contribution in [0.1, 0.15) is 0 Å². The Labute approximate surface area is 98.4 Å². The first-order chi connectivity index (χ1) is 8.43. The number of aromatic amines is 1. The molecule has 0 saturated heterocycles. The van der Waals surface area contributed by atoms with Crippen LogP contribution in [-0.2, 0) is 0 Å². The van der Waals surface area contributed by atoms with Crippen LogP contribution in [0.3, 0.4) is 0 Å². The van der Waals surface area contributed by atoms with Crippen LogP contribution in [0.4, 0.5) is 0 Å². The standard InChI is InChI=1S/C13H10N4/c1-2-4-10(5-3-1)12-14-7-6-11(17-12)13-15-8-9-16-13/h1-9H,(H,15,16). The monoisotopic (exact) mass is 222 g/mol. The highest BCUT2D eigenvalue weighted by molar-refractivity contribution is 5.58. The quantitative estimate of drug-likeness (QED) is 0.724. The number of nitrogens with zero attached hydrogens (tertiary/aromatic N) is 3. The van der Waals surface area contributed by atoms with Gasteiger partial charge in [-0.1, -0.05) is 30.3 Å². The highest BCUT2D eigenvalue weighted by Crippen LogP contribution is 2.17. The molecule has 0 aliphatic carbocycles. The van der Waals surface area contributed by atoms with Gasteiger partial charge in [0, 0.05) is 24.2 Å². The van der Waals surface area contributed by atoms with Crippen molar-refractivity contribution in [3.8, 4) is 22.9 Å². The first-order valence-electron chi connectivity index (χ1n) is 5.32. The Hall–Kier alpha value is -2.49. The number of rotatable bonds is 2. The van der Waals surface area contributed by atoms with Gasteiger partial charge in [-0.05, 0) is 6.07 Å². The summed E-state index contributed by atoms with van der Waals surface area (Å²) in [6.07, 6.45) is 5.23. The molecule has 1 N–H and O–H groups in total. The van der Waals surface area contributed by atoms with Crippen molar-refractivity contribution in [2.24, 2.45) is 0 Å². The molecule has 0 aliphatic rings. The molecule has 2 aromatic heterocycles. The molecule has 17 heavy (non-hydrogen) atoms. The highest BCUT2D eigenvalue weighted by Gasteiger charge is 2.05. The maximum absolute atomic E-state index is 4.48. The van der Waals surface area contributed by atoms with Gasteiger partial charge in [0.25, 0.3) is 0 Å². The van der Waals surface area contributed by atoms with Gasteiger partial charge in [-0.3, -0.25) is 0 Å². The molecule has 2 heterocycles. The Bertz CT molecular complexity index is 602. The molecule has 4 heteroatoms. The van der Waals surface area contributed by atoms with Gasteiger partial charge in [0.1, 0.15) is 5.69 Å². The smallest absolute Gasteiger partial charge is 0.159 e. The summed E-state index contributed by atoms with van der Waals surface area (Å²) in [6, 6.07) is 11.7. The van der Waals surface area contributed by atoms with E-state index in [-0.39, 0.29) is 0 Å². The minimum atomic E-state index is 0.708. The fourth-order valence-electron chi connectivity index (χ4n) is 1.62.